The van der Waals surface area contributed by atoms with Gasteiger partial charge < -0.3 is 16.9 Å². The third-order valence-electron chi connectivity index (χ3n) is 7.30. The molecule has 0 spiro atoms. The van der Waals surface area contributed by atoms with Gasteiger partial charge in [0.15, 0.2) is 0 Å². The molecule has 0 unspecified atom stereocenters. The van der Waals surface area contributed by atoms with Gasteiger partial charge >= 0.3 is 0 Å². The highest BCUT2D eigenvalue weighted by molar-refractivity contribution is 4.70. The molecule has 0 fully saturated rings. The third-order valence-corrected chi connectivity index (χ3v) is 7.30. The minimum Gasteiger partial charge on any atom is -1.00 e. The second-order valence-corrected chi connectivity index (χ2v) is 10.4. The molecule has 0 amide bonds. The van der Waals surface area contributed by atoms with Crippen LogP contribution in [0.3, 0.4) is 0 Å². The minimum atomic E-state index is 0. The van der Waals surface area contributed by atoms with Crippen LogP contribution in [0.1, 0.15) is 149 Å². The molecule has 0 heterocycles. The van der Waals surface area contributed by atoms with Crippen molar-refractivity contribution >= 4 is 0 Å². The average Bonchev–Trinajstić information content (AvgIpc) is 2.80. The smallest absolute Gasteiger partial charge is 0.0971 e. The number of hydrogen-bond donors (Lipinski definition) is 0. The third kappa shape index (κ3) is 23.3. The summed E-state index contributed by atoms with van der Waals surface area (Å²) in [5.41, 5.74) is 0. The van der Waals surface area contributed by atoms with Crippen molar-refractivity contribution in [3.63, 3.8) is 0 Å². The fraction of sp³-hybridized carbons (Fsp3) is 0.871. The van der Waals surface area contributed by atoms with Gasteiger partial charge in [-0.1, -0.05) is 129 Å². The van der Waals surface area contributed by atoms with Crippen LogP contribution in [0.15, 0.2) is 25.3 Å². The van der Waals surface area contributed by atoms with Gasteiger partial charge in [0.2, 0.25) is 0 Å². The molecule has 0 aliphatic rings. The highest BCUT2D eigenvalue weighted by Crippen LogP contribution is 2.18. The van der Waals surface area contributed by atoms with E-state index in [1.165, 1.54) is 153 Å². The molecule has 0 bridgehead atoms. The first-order valence-electron chi connectivity index (χ1n) is 14.8. The maximum absolute atomic E-state index is 4.11. The predicted molar refractivity (Wildman–Crippen MR) is 148 cm³/mol. The van der Waals surface area contributed by atoms with Crippen LogP contribution in [-0.2, 0) is 0 Å². The van der Waals surface area contributed by atoms with Crippen LogP contribution >= 0.6 is 0 Å². The van der Waals surface area contributed by atoms with Gasteiger partial charge in [0.05, 0.1) is 26.2 Å². The first kappa shape index (κ1) is 34.9. The molecule has 0 aromatic carbocycles. The van der Waals surface area contributed by atoms with Crippen LogP contribution in [0.2, 0.25) is 0 Å². The van der Waals surface area contributed by atoms with Crippen LogP contribution in [0.4, 0.5) is 0 Å². The lowest BCUT2D eigenvalue weighted by molar-refractivity contribution is -0.923. The Hall–Kier alpha value is -0.270. The second kappa shape index (κ2) is 28.0. The summed E-state index contributed by atoms with van der Waals surface area (Å²) >= 11 is 0. The van der Waals surface area contributed by atoms with Gasteiger partial charge in [-0.3, -0.25) is 0 Å². The van der Waals surface area contributed by atoms with Crippen molar-refractivity contribution in [1.29, 1.82) is 0 Å². The van der Waals surface area contributed by atoms with E-state index in [0.717, 1.165) is 13.0 Å². The van der Waals surface area contributed by atoms with Crippen molar-refractivity contribution in [2.45, 2.75) is 149 Å². The van der Waals surface area contributed by atoms with E-state index in [2.05, 4.69) is 39.2 Å². The summed E-state index contributed by atoms with van der Waals surface area (Å²) in [7, 11) is 0. The number of hydrogen-bond acceptors (Lipinski definition) is 0. The lowest BCUT2D eigenvalue weighted by Gasteiger charge is -2.38. The number of rotatable bonds is 27. The van der Waals surface area contributed by atoms with Crippen LogP contribution < -0.4 is 12.4 Å². The summed E-state index contributed by atoms with van der Waals surface area (Å²) < 4.78 is 1.25. The second-order valence-electron chi connectivity index (χ2n) is 10.4. The molecule has 0 saturated heterocycles. The lowest BCUT2D eigenvalue weighted by Crippen LogP contribution is -3.00. The van der Waals surface area contributed by atoms with E-state index in [-0.39, 0.29) is 12.4 Å². The maximum atomic E-state index is 4.11. The summed E-state index contributed by atoms with van der Waals surface area (Å²) in [6, 6.07) is 0. The lowest BCUT2D eigenvalue weighted by atomic mass is 10.0. The Bertz CT molecular complexity index is 368. The molecular formula is C31H62ClN. The van der Waals surface area contributed by atoms with Crippen LogP contribution in [0.25, 0.3) is 0 Å². The average molecular weight is 484 g/mol. The molecule has 2 heteroatoms. The molecule has 33 heavy (non-hydrogen) atoms. The highest BCUT2D eigenvalue weighted by atomic mass is 35.5. The van der Waals surface area contributed by atoms with E-state index < -0.39 is 0 Å². The van der Waals surface area contributed by atoms with E-state index in [0.29, 0.717) is 0 Å². The first-order valence-corrected chi connectivity index (χ1v) is 14.8. The Kier molecular flexibility index (Phi) is 29.6. The normalized spacial score (nSPS) is 11.3. The van der Waals surface area contributed by atoms with E-state index in [9.17, 15) is 0 Å². The molecule has 0 aliphatic carbocycles. The topological polar surface area (TPSA) is 0 Å². The standard InChI is InChI=1S/C31H62N.ClH/c1-5-9-12-14-16-18-20-22-24-26-30-32(28-8-4,29-11-7-3)31-27-25-23-21-19-17-15-13-10-6-2;/h7-8H,3-6,9-31H2,1-2H3;1H/q+1;/p-1. The van der Waals surface area contributed by atoms with Gasteiger partial charge in [-0.25, -0.2) is 0 Å². The summed E-state index contributed by atoms with van der Waals surface area (Å²) in [5.74, 6) is 0. The van der Waals surface area contributed by atoms with Gasteiger partial charge in [0, 0.05) is 6.42 Å². The molecule has 0 aliphatic heterocycles. The molecule has 0 saturated carbocycles. The Labute approximate surface area is 216 Å². The number of halogens is 1. The zero-order valence-corrected chi connectivity index (χ0v) is 23.8. The van der Waals surface area contributed by atoms with Crippen molar-refractivity contribution < 1.29 is 16.9 Å². The fourth-order valence-corrected chi connectivity index (χ4v) is 5.12. The van der Waals surface area contributed by atoms with Crippen molar-refractivity contribution in [1.82, 2.24) is 0 Å². The number of unbranched alkanes of at least 4 members (excludes halogenated alkanes) is 18. The molecule has 0 rings (SSSR count). The largest absolute Gasteiger partial charge is 1.00 e. The summed E-state index contributed by atoms with van der Waals surface area (Å²) in [6.45, 7) is 17.8. The Morgan fingerprint density at radius 3 is 1.09 bits per heavy atom. The minimum absolute atomic E-state index is 0. The maximum Gasteiger partial charge on any atom is 0.0971 e. The van der Waals surface area contributed by atoms with Gasteiger partial charge in [0.1, 0.15) is 0 Å². The molecule has 0 N–H and O–H groups in total. The first-order chi connectivity index (χ1) is 15.7. The van der Waals surface area contributed by atoms with E-state index >= 15 is 0 Å². The molecule has 0 radical (unpaired) electrons. The SMILES string of the molecule is C=CCC[N+](CC=C)(CCCCCCCCCCCC)CCCCCCCCCCCC.[Cl-]. The zero-order valence-electron chi connectivity index (χ0n) is 23.1. The molecule has 1 nitrogen and oxygen atoms in total. The molecular weight excluding hydrogens is 422 g/mol. The van der Waals surface area contributed by atoms with Crippen molar-refractivity contribution in [3.8, 4) is 0 Å². The van der Waals surface area contributed by atoms with Gasteiger partial charge in [-0.05, 0) is 31.8 Å². The number of nitrogens with zero attached hydrogens (tertiary/aromatic N) is 1. The van der Waals surface area contributed by atoms with Gasteiger partial charge in [-0.15, -0.1) is 6.58 Å². The summed E-state index contributed by atoms with van der Waals surface area (Å²) in [4.78, 5) is 0. The summed E-state index contributed by atoms with van der Waals surface area (Å²) in [5, 5.41) is 0. The monoisotopic (exact) mass is 483 g/mol. The molecule has 0 aromatic rings. The van der Waals surface area contributed by atoms with Gasteiger partial charge in [0.25, 0.3) is 0 Å². The molecule has 198 valence electrons. The van der Waals surface area contributed by atoms with E-state index in [1.54, 1.807) is 0 Å². The summed E-state index contributed by atoms with van der Waals surface area (Å²) in [6.07, 6.45) is 34.0. The van der Waals surface area contributed by atoms with Gasteiger partial charge in [-0.2, -0.15) is 0 Å². The van der Waals surface area contributed by atoms with Crippen LogP contribution in [0.5, 0.6) is 0 Å². The van der Waals surface area contributed by atoms with Crippen LogP contribution in [-0.4, -0.2) is 30.7 Å². The predicted octanol–water partition coefficient (Wildman–Crippen LogP) is 7.41. The fourth-order valence-electron chi connectivity index (χ4n) is 5.12. The number of quaternary nitrogens is 1. The molecule has 0 aromatic heterocycles. The zero-order chi connectivity index (χ0) is 23.6. The van der Waals surface area contributed by atoms with Crippen molar-refractivity contribution in [2.75, 3.05) is 26.2 Å². The van der Waals surface area contributed by atoms with E-state index in [1.807, 2.05) is 0 Å². The Morgan fingerprint density at radius 1 is 0.455 bits per heavy atom. The van der Waals surface area contributed by atoms with E-state index in [4.69, 9.17) is 0 Å². The molecule has 0 atom stereocenters. The van der Waals surface area contributed by atoms with Crippen molar-refractivity contribution in [3.05, 3.63) is 25.3 Å². The Morgan fingerprint density at radius 2 is 0.788 bits per heavy atom. The quantitative estimate of drug-likeness (QED) is 0.0647. The highest BCUT2D eigenvalue weighted by Gasteiger charge is 2.24. The van der Waals surface area contributed by atoms with Crippen LogP contribution in [0, 0.1) is 0 Å². The van der Waals surface area contributed by atoms with Crippen molar-refractivity contribution in [2.24, 2.45) is 0 Å². The Balaban J connectivity index is 0.